The van der Waals surface area contributed by atoms with Gasteiger partial charge in [0.1, 0.15) is 19.8 Å². The molecule has 0 aromatic heterocycles. The van der Waals surface area contributed by atoms with Crippen molar-refractivity contribution < 1.29 is 42.1 Å². The molecule has 10 heteroatoms. The van der Waals surface area contributed by atoms with Crippen LogP contribution in [0.3, 0.4) is 0 Å². The molecule has 0 aromatic carbocycles. The minimum atomic E-state index is -4.42. The molecule has 0 aliphatic carbocycles. The van der Waals surface area contributed by atoms with Crippen molar-refractivity contribution in [1.82, 2.24) is 0 Å². The zero-order valence-electron chi connectivity index (χ0n) is 61.0. The van der Waals surface area contributed by atoms with Crippen molar-refractivity contribution in [3.05, 3.63) is 231 Å². The lowest BCUT2D eigenvalue weighted by Gasteiger charge is -2.24. The van der Waals surface area contributed by atoms with Gasteiger partial charge in [-0.3, -0.25) is 18.6 Å². The van der Waals surface area contributed by atoms with Crippen molar-refractivity contribution in [3.63, 3.8) is 0 Å². The molecule has 0 fully saturated rings. The Labute approximate surface area is 588 Å². The van der Waals surface area contributed by atoms with E-state index >= 15 is 0 Å². The van der Waals surface area contributed by atoms with E-state index in [9.17, 15) is 19.0 Å². The highest BCUT2D eigenvalue weighted by Crippen LogP contribution is 2.43. The fourth-order valence-corrected chi connectivity index (χ4v) is 9.84. The van der Waals surface area contributed by atoms with Crippen molar-refractivity contribution in [2.75, 3.05) is 47.5 Å². The quantitative estimate of drug-likeness (QED) is 0.0211. The second-order valence-electron chi connectivity index (χ2n) is 24.9. The third-order valence-electron chi connectivity index (χ3n) is 14.7. The van der Waals surface area contributed by atoms with Gasteiger partial charge in [0.2, 0.25) is 0 Å². The Morgan fingerprint density at radius 1 is 0.323 bits per heavy atom. The number of rotatable bonds is 65. The van der Waals surface area contributed by atoms with Crippen LogP contribution in [0.4, 0.5) is 0 Å². The topological polar surface area (TPSA) is 108 Å². The Morgan fingerprint density at radius 3 is 0.833 bits per heavy atom. The van der Waals surface area contributed by atoms with E-state index in [1.54, 1.807) is 0 Å². The molecule has 0 spiro atoms. The second-order valence-corrected chi connectivity index (χ2v) is 26.3. The highest BCUT2D eigenvalue weighted by Gasteiger charge is 2.27. The number of unbranched alkanes of at least 4 members (excludes halogenated alkanes) is 13. The van der Waals surface area contributed by atoms with Gasteiger partial charge in [0.05, 0.1) is 27.7 Å². The molecule has 536 valence electrons. The molecule has 0 aliphatic heterocycles. The molecule has 0 radical (unpaired) electrons. The first-order valence-electron chi connectivity index (χ1n) is 37.1. The highest BCUT2D eigenvalue weighted by atomic mass is 31.2. The lowest BCUT2D eigenvalue weighted by atomic mass is 10.1. The number of hydrogen-bond acceptors (Lipinski definition) is 7. The van der Waals surface area contributed by atoms with E-state index in [0.29, 0.717) is 23.9 Å². The van der Waals surface area contributed by atoms with Gasteiger partial charge in [0.25, 0.3) is 0 Å². The van der Waals surface area contributed by atoms with Gasteiger partial charge in [-0.15, -0.1) is 0 Å². The van der Waals surface area contributed by atoms with Gasteiger partial charge in [0.15, 0.2) is 6.10 Å². The Bertz CT molecular complexity index is 2480. The first-order chi connectivity index (χ1) is 47.0. The van der Waals surface area contributed by atoms with Gasteiger partial charge in [-0.25, -0.2) is 4.57 Å². The molecule has 0 aromatic rings. The molecule has 2 unspecified atom stereocenters. The summed E-state index contributed by atoms with van der Waals surface area (Å²) in [5.41, 5.74) is 0. The van der Waals surface area contributed by atoms with E-state index in [1.807, 2.05) is 21.1 Å². The lowest BCUT2D eigenvalue weighted by Crippen LogP contribution is -2.37. The number of carbonyl (C=O) groups excluding carboxylic acids is 2. The maximum atomic E-state index is 12.9. The average molecular weight is 1340 g/mol. The van der Waals surface area contributed by atoms with Gasteiger partial charge in [0, 0.05) is 12.8 Å². The third-order valence-corrected chi connectivity index (χ3v) is 15.7. The first-order valence-corrected chi connectivity index (χ1v) is 38.6. The number of nitrogens with zero attached hydrogens (tertiary/aromatic N) is 1. The summed E-state index contributed by atoms with van der Waals surface area (Å²) >= 11 is 0. The number of allylic oxidation sites excluding steroid dienone is 38. The number of hydrogen-bond donors (Lipinski definition) is 1. The number of carbonyl (C=O) groups is 2. The van der Waals surface area contributed by atoms with E-state index in [-0.39, 0.29) is 26.1 Å². The maximum absolute atomic E-state index is 12.9. The monoisotopic (exact) mass is 1340 g/mol. The number of phosphoric ester groups is 1. The standard InChI is InChI=1S/C86H134NO8P/c1-6-8-10-12-14-16-18-20-22-24-26-28-30-32-34-36-38-40-42-43-45-47-49-51-53-55-57-59-61-63-65-67-69-71-73-75-77-79-86(89)95-84(83-94-96(90,91)93-81-80-87(3,4)5)82-92-85(88)78-76-74-72-70-68-66-64-62-60-58-56-54-52-50-48-46-44-41-39-37-35-33-31-29-27-25-23-21-19-17-15-13-11-9-7-2/h8-11,14-17,20-23,26-29,32-35,38-41,43,45-46,48-49,51-52,54-55,57-58,60-61,63,84H,6-7,12-13,18-19,24-25,30-31,36-37,42,44,47,50,53,56,59,62,64-83H2,1-5H3/p+1/b10-8-,11-9-,16-14-,17-15-,22-20-,23-21-,28-26-,29-27-,34-32-,35-33-,40-38-,41-39-,45-43-,48-46-,51-49-,54-52-,57-55-,60-58-,63-61-. The molecular formula is C86H135NO8P+. The molecule has 0 amide bonds. The van der Waals surface area contributed by atoms with E-state index in [4.69, 9.17) is 18.5 Å². The summed E-state index contributed by atoms with van der Waals surface area (Å²) in [6.07, 6.45) is 119. The summed E-state index contributed by atoms with van der Waals surface area (Å²) in [6, 6.07) is 0. The van der Waals surface area contributed by atoms with Crippen LogP contribution >= 0.6 is 7.82 Å². The third kappa shape index (κ3) is 77.1. The molecule has 2 atom stereocenters. The smallest absolute Gasteiger partial charge is 0.462 e. The van der Waals surface area contributed by atoms with Crippen LogP contribution in [-0.4, -0.2) is 74.9 Å². The Balaban J connectivity index is 4.20. The van der Waals surface area contributed by atoms with Crippen LogP contribution in [0.25, 0.3) is 0 Å². The molecule has 96 heavy (non-hydrogen) atoms. The lowest BCUT2D eigenvalue weighted by molar-refractivity contribution is -0.870. The fraction of sp³-hybridized carbons (Fsp3) is 0.535. The predicted molar refractivity (Wildman–Crippen MR) is 417 cm³/mol. The van der Waals surface area contributed by atoms with E-state index in [1.165, 1.54) is 19.3 Å². The van der Waals surface area contributed by atoms with Gasteiger partial charge in [-0.2, -0.15) is 0 Å². The summed E-state index contributed by atoms with van der Waals surface area (Å²) < 4.78 is 34.7. The van der Waals surface area contributed by atoms with Crippen molar-refractivity contribution in [2.45, 2.75) is 251 Å². The zero-order valence-corrected chi connectivity index (χ0v) is 61.9. The van der Waals surface area contributed by atoms with Crippen LogP contribution in [0.2, 0.25) is 0 Å². The van der Waals surface area contributed by atoms with E-state index in [0.717, 1.165) is 186 Å². The Morgan fingerprint density at radius 2 is 0.562 bits per heavy atom. The van der Waals surface area contributed by atoms with Crippen molar-refractivity contribution in [3.8, 4) is 0 Å². The molecule has 0 rings (SSSR count). The summed E-state index contributed by atoms with van der Waals surface area (Å²) in [6.45, 7) is 4.14. The fourth-order valence-electron chi connectivity index (χ4n) is 9.09. The van der Waals surface area contributed by atoms with Crippen molar-refractivity contribution in [1.29, 1.82) is 0 Å². The van der Waals surface area contributed by atoms with Crippen LogP contribution in [-0.2, 0) is 32.7 Å². The SMILES string of the molecule is CC/C=C\C/C=C\C/C=C\C/C=C\C/C=C\C/C=C\C/C=C\C/C=C\C/C=C\C/C=C\CCCCCCCCC(=O)OC(COC(=O)CCCCCCCCC/C=C\C/C=C\C/C=C\C/C=C\C/C=C\C/C=C\C/C=C\C/C=C\C/C=C\CC)COP(=O)(O)OCC[N+](C)(C)C. The van der Waals surface area contributed by atoms with Gasteiger partial charge in [-0.05, 0) is 161 Å². The Hall–Kier alpha value is -5.93. The number of esters is 2. The molecule has 0 saturated carbocycles. The van der Waals surface area contributed by atoms with Crippen LogP contribution < -0.4 is 0 Å². The van der Waals surface area contributed by atoms with Crippen LogP contribution in [0, 0.1) is 0 Å². The predicted octanol–water partition coefficient (Wildman–Crippen LogP) is 24.9. The number of phosphoric acid groups is 1. The van der Waals surface area contributed by atoms with E-state index < -0.39 is 32.5 Å². The van der Waals surface area contributed by atoms with Crippen LogP contribution in [0.1, 0.15) is 245 Å². The minimum absolute atomic E-state index is 0.0133. The number of ether oxygens (including phenoxy) is 2. The van der Waals surface area contributed by atoms with Crippen molar-refractivity contribution >= 4 is 19.8 Å². The van der Waals surface area contributed by atoms with Gasteiger partial charge >= 0.3 is 19.8 Å². The molecule has 0 heterocycles. The van der Waals surface area contributed by atoms with Crippen LogP contribution in [0.15, 0.2) is 231 Å². The molecule has 0 saturated heterocycles. The summed E-state index contributed by atoms with van der Waals surface area (Å²) in [4.78, 5) is 35.9. The molecule has 0 bridgehead atoms. The number of quaternary nitrogens is 1. The maximum Gasteiger partial charge on any atom is 0.472 e. The summed E-state index contributed by atoms with van der Waals surface area (Å²) in [5.74, 6) is -0.845. The van der Waals surface area contributed by atoms with Crippen LogP contribution in [0.5, 0.6) is 0 Å². The second kappa shape index (κ2) is 73.3. The molecule has 9 nitrogen and oxygen atoms in total. The number of likely N-dealkylation sites (N-methyl/N-ethyl adjacent to an activating group) is 1. The normalized spacial score (nSPS) is 14.4. The summed E-state index contributed by atoms with van der Waals surface area (Å²) in [5, 5.41) is 0. The zero-order chi connectivity index (χ0) is 69.7. The molecular weight excluding hydrogens is 1210 g/mol. The largest absolute Gasteiger partial charge is 0.472 e. The molecule has 1 N–H and O–H groups in total. The minimum Gasteiger partial charge on any atom is -0.462 e. The first kappa shape index (κ1) is 90.1. The van der Waals surface area contributed by atoms with Gasteiger partial charge < -0.3 is 18.9 Å². The summed E-state index contributed by atoms with van der Waals surface area (Å²) in [7, 11) is 1.43. The van der Waals surface area contributed by atoms with E-state index in [2.05, 4.69) is 245 Å². The highest BCUT2D eigenvalue weighted by molar-refractivity contribution is 7.47. The van der Waals surface area contributed by atoms with Gasteiger partial charge in [-0.1, -0.05) is 303 Å². The Kier molecular flexibility index (Phi) is 68.8. The molecule has 0 aliphatic rings. The van der Waals surface area contributed by atoms with Crippen molar-refractivity contribution in [2.24, 2.45) is 0 Å². The average Bonchev–Trinajstić information content (AvgIpc) is 2.72.